The van der Waals surface area contributed by atoms with Gasteiger partial charge in [-0.05, 0) is 28.4 Å². The lowest BCUT2D eigenvalue weighted by atomic mass is 10.5. The van der Waals surface area contributed by atoms with Crippen molar-refractivity contribution in [1.82, 2.24) is 4.31 Å². The maximum atomic E-state index is 12.5. The Morgan fingerprint density at radius 2 is 2.15 bits per heavy atom. The number of carbonyl (C=O) groups is 1. The molecule has 1 aromatic heterocycles. The van der Waals surface area contributed by atoms with Gasteiger partial charge in [-0.15, -0.1) is 11.3 Å². The van der Waals surface area contributed by atoms with Crippen molar-refractivity contribution in [3.63, 3.8) is 0 Å². The van der Waals surface area contributed by atoms with Gasteiger partial charge in [-0.25, -0.2) is 13.2 Å². The Kier molecular flexibility index (Phi) is 6.59. The van der Waals surface area contributed by atoms with E-state index in [1.165, 1.54) is 17.5 Å². The zero-order valence-corrected chi connectivity index (χ0v) is 14.3. The number of rotatable bonds is 7. The normalized spacial score (nSPS) is 11.8. The summed E-state index contributed by atoms with van der Waals surface area (Å²) in [6.45, 7) is 1.91. The third kappa shape index (κ3) is 3.79. The Morgan fingerprint density at radius 3 is 2.65 bits per heavy atom. The molecule has 6 nitrogen and oxygen atoms in total. The van der Waals surface area contributed by atoms with Crippen LogP contribution in [0, 0.1) is 0 Å². The average molecular weight is 386 g/mol. The Bertz CT molecular complexity index is 563. The van der Waals surface area contributed by atoms with Crippen LogP contribution in [0.1, 0.15) is 23.0 Å². The van der Waals surface area contributed by atoms with Crippen molar-refractivity contribution in [2.75, 3.05) is 26.8 Å². The third-order valence-electron chi connectivity index (χ3n) is 2.48. The number of carbonyl (C=O) groups excluding carboxylic acids is 1. The van der Waals surface area contributed by atoms with Crippen molar-refractivity contribution >= 4 is 43.3 Å². The van der Waals surface area contributed by atoms with Crippen LogP contribution in [0.5, 0.6) is 0 Å². The standard InChI is InChI=1S/C11H16BrNO5S2/c1-3-4-13(5-6-14)20(16,17)9-7-8(11(15)18-2)19-10(9)12/h7,14H,3-6H2,1-2H3. The predicted octanol–water partition coefficient (Wildman–Crippen LogP) is 1.69. The number of methoxy groups -OCH3 is 1. The smallest absolute Gasteiger partial charge is 0.348 e. The molecule has 0 saturated heterocycles. The number of ether oxygens (including phenoxy) is 1. The number of thiophene rings is 1. The number of aliphatic hydroxyl groups is 1. The first-order valence-electron chi connectivity index (χ1n) is 5.87. The summed E-state index contributed by atoms with van der Waals surface area (Å²) >= 11 is 4.16. The molecule has 0 atom stereocenters. The molecule has 0 aliphatic heterocycles. The molecule has 0 radical (unpaired) electrons. The van der Waals surface area contributed by atoms with Gasteiger partial charge >= 0.3 is 5.97 Å². The van der Waals surface area contributed by atoms with Crippen LogP contribution in [0.15, 0.2) is 14.7 Å². The Balaban J connectivity index is 3.20. The number of aliphatic hydroxyl groups excluding tert-OH is 1. The third-order valence-corrected chi connectivity index (χ3v) is 6.61. The molecule has 0 aliphatic rings. The molecule has 1 rings (SSSR count). The lowest BCUT2D eigenvalue weighted by Crippen LogP contribution is -2.34. The maximum Gasteiger partial charge on any atom is 0.348 e. The molecule has 20 heavy (non-hydrogen) atoms. The van der Waals surface area contributed by atoms with E-state index in [9.17, 15) is 13.2 Å². The van der Waals surface area contributed by atoms with E-state index in [-0.39, 0.29) is 22.9 Å². The van der Waals surface area contributed by atoms with E-state index in [4.69, 9.17) is 5.11 Å². The molecular weight excluding hydrogens is 370 g/mol. The highest BCUT2D eigenvalue weighted by Gasteiger charge is 2.29. The van der Waals surface area contributed by atoms with Crippen molar-refractivity contribution < 1.29 is 23.1 Å². The van der Waals surface area contributed by atoms with E-state index in [0.717, 1.165) is 11.3 Å². The average Bonchev–Trinajstić information content (AvgIpc) is 2.80. The zero-order valence-electron chi connectivity index (χ0n) is 11.1. The summed E-state index contributed by atoms with van der Waals surface area (Å²) in [5.74, 6) is -0.582. The van der Waals surface area contributed by atoms with Crippen LogP contribution in [-0.2, 0) is 14.8 Å². The highest BCUT2D eigenvalue weighted by molar-refractivity contribution is 9.11. The van der Waals surface area contributed by atoms with Gasteiger partial charge in [0, 0.05) is 13.1 Å². The summed E-state index contributed by atoms with van der Waals surface area (Å²) in [6, 6.07) is 1.29. The topological polar surface area (TPSA) is 83.9 Å². The van der Waals surface area contributed by atoms with Crippen molar-refractivity contribution in [3.05, 3.63) is 14.7 Å². The van der Waals surface area contributed by atoms with Gasteiger partial charge in [0.15, 0.2) is 0 Å². The van der Waals surface area contributed by atoms with Gasteiger partial charge in [0.05, 0.1) is 17.5 Å². The molecule has 0 amide bonds. The summed E-state index contributed by atoms with van der Waals surface area (Å²) in [7, 11) is -2.51. The summed E-state index contributed by atoms with van der Waals surface area (Å²) in [6.07, 6.45) is 0.630. The van der Waals surface area contributed by atoms with E-state index in [1.807, 2.05) is 6.92 Å². The Hall–Kier alpha value is -0.480. The van der Waals surface area contributed by atoms with Crippen molar-refractivity contribution in [3.8, 4) is 0 Å². The number of sulfonamides is 1. The van der Waals surface area contributed by atoms with E-state index < -0.39 is 16.0 Å². The van der Waals surface area contributed by atoms with Crippen LogP contribution < -0.4 is 0 Å². The number of nitrogens with zero attached hydrogens (tertiary/aromatic N) is 1. The van der Waals surface area contributed by atoms with Crippen molar-refractivity contribution in [1.29, 1.82) is 0 Å². The lowest BCUT2D eigenvalue weighted by Gasteiger charge is -2.20. The second-order valence-electron chi connectivity index (χ2n) is 3.87. The summed E-state index contributed by atoms with van der Waals surface area (Å²) in [5, 5.41) is 8.98. The molecule has 0 unspecified atom stereocenters. The fourth-order valence-corrected chi connectivity index (χ4v) is 5.54. The minimum absolute atomic E-state index is 0.0183. The number of hydrogen-bond acceptors (Lipinski definition) is 6. The largest absolute Gasteiger partial charge is 0.465 e. The molecule has 0 bridgehead atoms. The molecule has 1 heterocycles. The van der Waals surface area contributed by atoms with Gasteiger partial charge in [0.1, 0.15) is 9.77 Å². The minimum atomic E-state index is -3.75. The summed E-state index contributed by atoms with van der Waals surface area (Å²) in [5.41, 5.74) is 0. The molecule has 9 heteroatoms. The van der Waals surface area contributed by atoms with Crippen LogP contribution in [-0.4, -0.2) is 50.6 Å². The van der Waals surface area contributed by atoms with Crippen LogP contribution in [0.3, 0.4) is 0 Å². The van der Waals surface area contributed by atoms with Crippen LogP contribution >= 0.6 is 27.3 Å². The van der Waals surface area contributed by atoms with Gasteiger partial charge < -0.3 is 9.84 Å². The van der Waals surface area contributed by atoms with Crippen molar-refractivity contribution in [2.24, 2.45) is 0 Å². The van der Waals surface area contributed by atoms with Gasteiger partial charge in [-0.1, -0.05) is 6.92 Å². The zero-order chi connectivity index (χ0) is 15.3. The maximum absolute atomic E-state index is 12.5. The number of halogens is 1. The molecule has 0 aliphatic carbocycles. The Morgan fingerprint density at radius 1 is 1.50 bits per heavy atom. The summed E-state index contributed by atoms with van der Waals surface area (Å²) in [4.78, 5) is 11.7. The first-order valence-corrected chi connectivity index (χ1v) is 8.92. The quantitative estimate of drug-likeness (QED) is 0.721. The molecule has 0 saturated carbocycles. The highest BCUT2D eigenvalue weighted by atomic mass is 79.9. The van der Waals surface area contributed by atoms with Gasteiger partial charge in [-0.2, -0.15) is 4.31 Å². The van der Waals surface area contributed by atoms with Crippen LogP contribution in [0.25, 0.3) is 0 Å². The van der Waals surface area contributed by atoms with E-state index in [1.54, 1.807) is 0 Å². The Labute approximate surface area is 130 Å². The van der Waals surface area contributed by atoms with Gasteiger partial charge in [-0.3, -0.25) is 0 Å². The molecule has 0 spiro atoms. The second kappa shape index (κ2) is 7.51. The fourth-order valence-electron chi connectivity index (χ4n) is 1.58. The fraction of sp³-hybridized carbons (Fsp3) is 0.545. The first-order chi connectivity index (χ1) is 9.38. The molecule has 1 N–H and O–H groups in total. The summed E-state index contributed by atoms with van der Waals surface area (Å²) < 4.78 is 31.1. The molecule has 0 aromatic carbocycles. The SMILES string of the molecule is CCCN(CCO)S(=O)(=O)c1cc(C(=O)OC)sc1Br. The van der Waals surface area contributed by atoms with E-state index in [2.05, 4.69) is 20.7 Å². The molecule has 0 fully saturated rings. The van der Waals surface area contributed by atoms with Crippen molar-refractivity contribution in [2.45, 2.75) is 18.2 Å². The first kappa shape index (κ1) is 17.6. The van der Waals surface area contributed by atoms with Gasteiger partial charge in [0.25, 0.3) is 0 Å². The minimum Gasteiger partial charge on any atom is -0.465 e. The number of hydrogen-bond donors (Lipinski definition) is 1. The lowest BCUT2D eigenvalue weighted by molar-refractivity contribution is 0.0606. The van der Waals surface area contributed by atoms with Gasteiger partial charge in [0.2, 0.25) is 10.0 Å². The van der Waals surface area contributed by atoms with E-state index >= 15 is 0 Å². The molecule has 1 aromatic rings. The monoisotopic (exact) mass is 385 g/mol. The van der Waals surface area contributed by atoms with E-state index in [0.29, 0.717) is 16.8 Å². The highest BCUT2D eigenvalue weighted by Crippen LogP contribution is 2.33. The van der Waals surface area contributed by atoms with Crippen LogP contribution in [0.4, 0.5) is 0 Å². The molecule has 114 valence electrons. The van der Waals surface area contributed by atoms with Crippen LogP contribution in [0.2, 0.25) is 0 Å². The second-order valence-corrected chi connectivity index (χ2v) is 8.14. The number of esters is 1. The predicted molar refractivity (Wildman–Crippen MR) is 79.5 cm³/mol. The molecular formula is C11H16BrNO5S2.